The number of carboxylic acid groups (broad SMARTS) is 1. The lowest BCUT2D eigenvalue weighted by atomic mass is 10.1. The fourth-order valence-electron chi connectivity index (χ4n) is 3.05. The van der Waals surface area contributed by atoms with Crippen molar-refractivity contribution in [3.63, 3.8) is 0 Å². The number of carboxylic acids is 1. The van der Waals surface area contributed by atoms with Crippen LogP contribution in [0.3, 0.4) is 0 Å². The number of morpholine rings is 1. The predicted molar refractivity (Wildman–Crippen MR) is 107 cm³/mol. The maximum Gasteiger partial charge on any atom is 0.337 e. The third-order valence-electron chi connectivity index (χ3n) is 4.50. The second kappa shape index (κ2) is 8.58. The van der Waals surface area contributed by atoms with Crippen molar-refractivity contribution >= 4 is 27.4 Å². The Hall–Kier alpha value is -2.98. The number of benzene rings is 2. The molecular weight excluding hydrogens is 400 g/mol. The van der Waals surface area contributed by atoms with E-state index in [2.05, 4.69) is 4.72 Å². The summed E-state index contributed by atoms with van der Waals surface area (Å²) in [7, 11) is -1.10. The van der Waals surface area contributed by atoms with Crippen molar-refractivity contribution in [3.8, 4) is 11.5 Å². The van der Waals surface area contributed by atoms with E-state index in [9.17, 15) is 18.3 Å². The van der Waals surface area contributed by atoms with Gasteiger partial charge in [-0.3, -0.25) is 4.72 Å². The fourth-order valence-corrected chi connectivity index (χ4v) is 4.11. The van der Waals surface area contributed by atoms with Gasteiger partial charge in [-0.15, -0.1) is 0 Å². The van der Waals surface area contributed by atoms with E-state index in [-0.39, 0.29) is 21.9 Å². The largest absolute Gasteiger partial charge is 0.493 e. The number of hydrogen-bond acceptors (Lipinski definition) is 7. The summed E-state index contributed by atoms with van der Waals surface area (Å²) in [6.07, 6.45) is 0. The summed E-state index contributed by atoms with van der Waals surface area (Å²) >= 11 is 0. The SMILES string of the molecule is COc1ccc(S(=O)(=O)Nc2ccc(N3CCOCC3)c(C(=O)O)c2)cc1OC. The third kappa shape index (κ3) is 4.54. The molecule has 0 atom stereocenters. The summed E-state index contributed by atoms with van der Waals surface area (Å²) in [5.41, 5.74) is 0.684. The molecule has 0 bridgehead atoms. The van der Waals surface area contributed by atoms with Crippen LogP contribution in [0.5, 0.6) is 11.5 Å². The molecule has 1 fully saturated rings. The molecule has 29 heavy (non-hydrogen) atoms. The van der Waals surface area contributed by atoms with Gasteiger partial charge in [0, 0.05) is 24.8 Å². The quantitative estimate of drug-likeness (QED) is 0.697. The summed E-state index contributed by atoms with van der Waals surface area (Å²) in [5, 5.41) is 9.60. The summed E-state index contributed by atoms with van der Waals surface area (Å²) in [6.45, 7) is 2.15. The number of sulfonamides is 1. The van der Waals surface area contributed by atoms with Crippen molar-refractivity contribution < 1.29 is 32.5 Å². The molecule has 3 rings (SSSR count). The lowest BCUT2D eigenvalue weighted by Crippen LogP contribution is -2.37. The number of ether oxygens (including phenoxy) is 3. The molecule has 0 aromatic heterocycles. The molecule has 2 N–H and O–H groups in total. The van der Waals surface area contributed by atoms with Gasteiger partial charge in [0.2, 0.25) is 0 Å². The van der Waals surface area contributed by atoms with Gasteiger partial charge < -0.3 is 24.2 Å². The number of rotatable bonds is 7. The molecule has 2 aromatic carbocycles. The van der Waals surface area contributed by atoms with Crippen molar-refractivity contribution in [3.05, 3.63) is 42.0 Å². The molecule has 9 nitrogen and oxygen atoms in total. The lowest BCUT2D eigenvalue weighted by molar-refractivity contribution is 0.0696. The normalized spacial score (nSPS) is 14.3. The topological polar surface area (TPSA) is 114 Å². The number of nitrogens with zero attached hydrogens (tertiary/aromatic N) is 1. The highest BCUT2D eigenvalue weighted by atomic mass is 32.2. The second-order valence-corrected chi connectivity index (χ2v) is 7.94. The number of aromatic carboxylic acids is 1. The number of methoxy groups -OCH3 is 2. The Balaban J connectivity index is 1.91. The number of hydrogen-bond donors (Lipinski definition) is 2. The predicted octanol–water partition coefficient (Wildman–Crippen LogP) is 2.04. The van der Waals surface area contributed by atoms with E-state index in [0.29, 0.717) is 37.7 Å². The van der Waals surface area contributed by atoms with Crippen molar-refractivity contribution in [1.29, 1.82) is 0 Å². The monoisotopic (exact) mass is 422 g/mol. The Kier molecular flexibility index (Phi) is 6.14. The smallest absolute Gasteiger partial charge is 0.337 e. The van der Waals surface area contributed by atoms with Gasteiger partial charge in [0.1, 0.15) is 0 Å². The highest BCUT2D eigenvalue weighted by Crippen LogP contribution is 2.31. The summed E-state index contributed by atoms with van der Waals surface area (Å²) in [4.78, 5) is 13.6. The Morgan fingerprint density at radius 2 is 1.76 bits per heavy atom. The molecule has 0 aliphatic carbocycles. The fraction of sp³-hybridized carbons (Fsp3) is 0.316. The molecule has 0 radical (unpaired) electrons. The average molecular weight is 422 g/mol. The minimum Gasteiger partial charge on any atom is -0.493 e. The van der Waals surface area contributed by atoms with Gasteiger partial charge in [0.05, 0.1) is 43.6 Å². The first-order valence-corrected chi connectivity index (χ1v) is 10.3. The minimum absolute atomic E-state index is 0.0133. The molecule has 2 aromatic rings. The van der Waals surface area contributed by atoms with Crippen LogP contribution in [0.25, 0.3) is 0 Å². The van der Waals surface area contributed by atoms with Gasteiger partial charge in [-0.25, -0.2) is 13.2 Å². The highest BCUT2D eigenvalue weighted by Gasteiger charge is 2.22. The Morgan fingerprint density at radius 1 is 1.07 bits per heavy atom. The van der Waals surface area contributed by atoms with Crippen LogP contribution in [0.1, 0.15) is 10.4 Å². The lowest BCUT2D eigenvalue weighted by Gasteiger charge is -2.30. The van der Waals surface area contributed by atoms with Crippen molar-refractivity contribution in [1.82, 2.24) is 0 Å². The minimum atomic E-state index is -3.96. The van der Waals surface area contributed by atoms with E-state index >= 15 is 0 Å². The van der Waals surface area contributed by atoms with Crippen molar-refractivity contribution in [2.45, 2.75) is 4.90 Å². The molecule has 1 aliphatic rings. The van der Waals surface area contributed by atoms with Crippen LogP contribution in [0, 0.1) is 0 Å². The van der Waals surface area contributed by atoms with Crippen LogP contribution in [-0.2, 0) is 14.8 Å². The second-order valence-electron chi connectivity index (χ2n) is 6.26. The number of nitrogens with one attached hydrogen (secondary N) is 1. The van der Waals surface area contributed by atoms with Gasteiger partial charge in [0.15, 0.2) is 11.5 Å². The first-order valence-electron chi connectivity index (χ1n) is 8.80. The third-order valence-corrected chi connectivity index (χ3v) is 5.88. The highest BCUT2D eigenvalue weighted by molar-refractivity contribution is 7.92. The zero-order valence-corrected chi connectivity index (χ0v) is 16.9. The van der Waals surface area contributed by atoms with Crippen LogP contribution in [0.2, 0.25) is 0 Å². The molecule has 1 aliphatic heterocycles. The molecule has 10 heteroatoms. The zero-order chi connectivity index (χ0) is 21.0. The Bertz CT molecular complexity index is 1000. The van der Waals surface area contributed by atoms with Crippen molar-refractivity contribution in [2.75, 3.05) is 50.1 Å². The Morgan fingerprint density at radius 3 is 2.38 bits per heavy atom. The van der Waals surface area contributed by atoms with E-state index in [1.165, 1.54) is 44.6 Å². The molecule has 0 saturated carbocycles. The van der Waals surface area contributed by atoms with Gasteiger partial charge in [-0.05, 0) is 30.3 Å². The molecule has 0 spiro atoms. The van der Waals surface area contributed by atoms with Crippen LogP contribution >= 0.6 is 0 Å². The van der Waals surface area contributed by atoms with Gasteiger partial charge >= 0.3 is 5.97 Å². The summed E-state index contributed by atoms with van der Waals surface area (Å²) in [5.74, 6) is -0.475. The summed E-state index contributed by atoms with van der Waals surface area (Å²) < 4.78 is 43.5. The molecular formula is C19H22N2O7S. The van der Waals surface area contributed by atoms with E-state index in [1.54, 1.807) is 6.07 Å². The van der Waals surface area contributed by atoms with E-state index in [4.69, 9.17) is 14.2 Å². The standard InChI is InChI=1S/C19H22N2O7S/c1-26-17-6-4-14(12-18(17)27-2)29(24,25)20-13-3-5-16(15(11-13)19(22)23)21-7-9-28-10-8-21/h3-6,11-12,20H,7-10H2,1-2H3,(H,22,23). The van der Waals surface area contributed by atoms with E-state index in [1.807, 2.05) is 4.90 Å². The van der Waals surface area contributed by atoms with Crippen LogP contribution in [0.15, 0.2) is 41.3 Å². The molecule has 0 amide bonds. The van der Waals surface area contributed by atoms with Crippen molar-refractivity contribution in [2.24, 2.45) is 0 Å². The van der Waals surface area contributed by atoms with Gasteiger partial charge in [-0.1, -0.05) is 0 Å². The molecule has 0 unspecified atom stereocenters. The molecule has 1 heterocycles. The zero-order valence-electron chi connectivity index (χ0n) is 16.0. The van der Waals surface area contributed by atoms with Gasteiger partial charge in [-0.2, -0.15) is 0 Å². The summed E-state index contributed by atoms with van der Waals surface area (Å²) in [6, 6.07) is 8.64. The van der Waals surface area contributed by atoms with Crippen LogP contribution in [0.4, 0.5) is 11.4 Å². The average Bonchev–Trinajstić information content (AvgIpc) is 2.73. The number of anilines is 2. The number of carbonyl (C=O) groups is 1. The van der Waals surface area contributed by atoms with Gasteiger partial charge in [0.25, 0.3) is 10.0 Å². The maximum absolute atomic E-state index is 12.8. The van der Waals surface area contributed by atoms with E-state index in [0.717, 1.165) is 0 Å². The van der Waals surface area contributed by atoms with Crippen LogP contribution in [-0.4, -0.2) is 60.0 Å². The maximum atomic E-state index is 12.8. The molecule has 1 saturated heterocycles. The van der Waals surface area contributed by atoms with E-state index < -0.39 is 16.0 Å². The first kappa shape index (κ1) is 20.7. The Labute approximate surface area is 168 Å². The van der Waals surface area contributed by atoms with Crippen LogP contribution < -0.4 is 19.1 Å². The first-order chi connectivity index (χ1) is 13.9. The molecule has 156 valence electrons.